The van der Waals surface area contributed by atoms with Crippen LogP contribution in [0.4, 0.5) is 17.1 Å². The average Bonchev–Trinajstić information content (AvgIpc) is 3.16. The molecule has 2 bridgehead atoms. The first kappa shape index (κ1) is 22.3. The van der Waals surface area contributed by atoms with Gasteiger partial charge >= 0.3 is 11.4 Å². The predicted octanol–water partition coefficient (Wildman–Crippen LogP) is 4.50. The molecule has 4 rings (SSSR count). The van der Waals surface area contributed by atoms with Crippen molar-refractivity contribution in [3.05, 3.63) is 75.5 Å². The largest absolute Gasteiger partial charge is 0.497 e. The first-order chi connectivity index (χ1) is 14.5. The van der Waals surface area contributed by atoms with E-state index in [9.17, 15) is 30.3 Å². The number of benzene rings is 1. The molecule has 2 unspecified atom stereocenters. The molecule has 0 fully saturated rings. The van der Waals surface area contributed by atoms with E-state index in [1.54, 1.807) is 21.6 Å². The molecule has 0 saturated heterocycles. The Hall–Kier alpha value is -3.38. The summed E-state index contributed by atoms with van der Waals surface area (Å²) in [7, 11) is 2.29. The molecular formula is C19H20N4O7S. The van der Waals surface area contributed by atoms with Crippen LogP contribution < -0.4 is 0 Å². The fourth-order valence-corrected chi connectivity index (χ4v) is 5.06. The van der Waals surface area contributed by atoms with Crippen LogP contribution >= 0.6 is 11.3 Å². The third-order valence-corrected chi connectivity index (χ3v) is 6.87. The fraction of sp³-hybridized carbons (Fsp3) is 0.368. The van der Waals surface area contributed by atoms with E-state index in [0.717, 1.165) is 0 Å². The van der Waals surface area contributed by atoms with Crippen molar-refractivity contribution in [2.24, 2.45) is 0 Å². The van der Waals surface area contributed by atoms with Crippen LogP contribution in [0.15, 0.2) is 34.7 Å². The lowest BCUT2D eigenvalue weighted by molar-refractivity contribution is -0.404. The quantitative estimate of drug-likeness (QED) is 0.409. The van der Waals surface area contributed by atoms with Crippen molar-refractivity contribution in [1.29, 1.82) is 0 Å². The minimum atomic E-state index is -1.21. The van der Waals surface area contributed by atoms with Crippen LogP contribution in [0.5, 0.6) is 5.75 Å². The van der Waals surface area contributed by atoms with Gasteiger partial charge in [0, 0.05) is 17.0 Å². The highest BCUT2D eigenvalue weighted by molar-refractivity contribution is 7.10. The van der Waals surface area contributed by atoms with Crippen molar-refractivity contribution < 1.29 is 19.9 Å². The highest BCUT2D eigenvalue weighted by Crippen LogP contribution is 2.45. The Bertz CT molecular complexity index is 1080. The molecule has 164 valence electrons. The summed E-state index contributed by atoms with van der Waals surface area (Å²) in [4.78, 5) is 32.0. The molecule has 0 spiro atoms. The molecule has 3 heterocycles. The number of nitro groups is 3. The first-order valence-electron chi connectivity index (χ1n) is 9.27. The van der Waals surface area contributed by atoms with Crippen molar-refractivity contribution in [1.82, 2.24) is 4.90 Å². The van der Waals surface area contributed by atoms with E-state index in [1.807, 2.05) is 11.3 Å². The van der Waals surface area contributed by atoms with E-state index < -0.39 is 37.6 Å². The van der Waals surface area contributed by atoms with Crippen LogP contribution in [0, 0.1) is 30.3 Å². The SMILES string of the molecule is CC1=C(C)C2Cc3ccsc3C(C1)N2C.O=[N+]([O-])c1cc([N+](=O)[O-])c(O)c([N+](=O)[O-])c1. The molecule has 11 nitrogen and oxygen atoms in total. The van der Waals surface area contributed by atoms with E-state index in [2.05, 4.69) is 37.2 Å². The van der Waals surface area contributed by atoms with E-state index in [0.29, 0.717) is 24.2 Å². The second-order valence-electron chi connectivity index (χ2n) is 7.48. The van der Waals surface area contributed by atoms with Gasteiger partial charge in [-0.1, -0.05) is 11.1 Å². The standard InChI is InChI=1S/C13H17NS.C6H3N3O7/c1-8-6-12-13-10(4-5-15-13)7-11(9(8)2)14(12)3;10-6-4(8(13)14)1-3(7(11)12)2-5(6)9(15)16/h4-5,11-12H,6-7H2,1-3H3;1-2,10H. The third-order valence-electron chi connectivity index (χ3n) is 5.81. The number of nitrogens with zero attached hydrogens (tertiary/aromatic N) is 4. The second-order valence-corrected chi connectivity index (χ2v) is 8.43. The third kappa shape index (κ3) is 4.11. The van der Waals surface area contributed by atoms with E-state index in [-0.39, 0.29) is 0 Å². The number of rotatable bonds is 3. The highest BCUT2D eigenvalue weighted by atomic mass is 32.1. The number of thiophene rings is 1. The summed E-state index contributed by atoms with van der Waals surface area (Å²) in [6.07, 6.45) is 2.45. The molecule has 0 amide bonds. The Kier molecular flexibility index (Phi) is 6.04. The van der Waals surface area contributed by atoms with Gasteiger partial charge in [-0.25, -0.2) is 0 Å². The van der Waals surface area contributed by atoms with Gasteiger partial charge in [0.2, 0.25) is 0 Å². The summed E-state index contributed by atoms with van der Waals surface area (Å²) >= 11 is 1.94. The van der Waals surface area contributed by atoms with Gasteiger partial charge in [-0.3, -0.25) is 35.2 Å². The Morgan fingerprint density at radius 2 is 1.58 bits per heavy atom. The zero-order chi connectivity index (χ0) is 23.0. The van der Waals surface area contributed by atoms with Gasteiger partial charge in [0.25, 0.3) is 11.4 Å². The summed E-state index contributed by atoms with van der Waals surface area (Å²) in [5, 5.41) is 42.5. The molecule has 1 aromatic heterocycles. The summed E-state index contributed by atoms with van der Waals surface area (Å²) in [6, 6.07) is 4.53. The molecule has 2 atom stereocenters. The van der Waals surface area contributed by atoms with Crippen molar-refractivity contribution in [3.63, 3.8) is 0 Å². The Labute approximate surface area is 180 Å². The maximum Gasteiger partial charge on any atom is 0.324 e. The van der Waals surface area contributed by atoms with Crippen LogP contribution in [0.2, 0.25) is 0 Å². The number of phenolic OH excluding ortho intramolecular Hbond substituents is 1. The number of hydrogen-bond acceptors (Lipinski definition) is 9. The van der Waals surface area contributed by atoms with Crippen molar-refractivity contribution in [2.75, 3.05) is 7.05 Å². The summed E-state index contributed by atoms with van der Waals surface area (Å²) in [5.41, 5.74) is 1.81. The number of hydrogen-bond donors (Lipinski definition) is 1. The molecular weight excluding hydrogens is 428 g/mol. The Morgan fingerprint density at radius 1 is 1.00 bits per heavy atom. The van der Waals surface area contributed by atoms with Gasteiger partial charge in [-0.15, -0.1) is 11.3 Å². The van der Waals surface area contributed by atoms with Gasteiger partial charge < -0.3 is 5.11 Å². The molecule has 31 heavy (non-hydrogen) atoms. The van der Waals surface area contributed by atoms with E-state index in [1.165, 1.54) is 12.8 Å². The zero-order valence-electron chi connectivity index (χ0n) is 17.0. The molecule has 2 aromatic rings. The van der Waals surface area contributed by atoms with Crippen LogP contribution in [-0.2, 0) is 6.42 Å². The molecule has 0 radical (unpaired) electrons. The van der Waals surface area contributed by atoms with Gasteiger partial charge in [0.15, 0.2) is 0 Å². The van der Waals surface area contributed by atoms with Gasteiger partial charge in [0.05, 0.1) is 26.9 Å². The number of fused-ring (bicyclic) bond motifs is 4. The average molecular weight is 448 g/mol. The van der Waals surface area contributed by atoms with Crippen LogP contribution in [0.25, 0.3) is 0 Å². The topological polar surface area (TPSA) is 153 Å². The van der Waals surface area contributed by atoms with Crippen LogP contribution in [0.1, 0.15) is 36.8 Å². The monoisotopic (exact) mass is 448 g/mol. The number of nitro benzene ring substituents is 3. The molecule has 1 N–H and O–H groups in total. The summed E-state index contributed by atoms with van der Waals surface area (Å²) in [6.45, 7) is 4.62. The lowest BCUT2D eigenvalue weighted by Crippen LogP contribution is -2.44. The van der Waals surface area contributed by atoms with Crippen molar-refractivity contribution in [3.8, 4) is 5.75 Å². The van der Waals surface area contributed by atoms with Crippen LogP contribution in [-0.4, -0.2) is 37.9 Å². The lowest BCUT2D eigenvalue weighted by atomic mass is 9.81. The molecule has 0 saturated carbocycles. The molecule has 1 aromatic carbocycles. The molecule has 2 aliphatic heterocycles. The minimum absolute atomic E-state index is 0.447. The van der Waals surface area contributed by atoms with Crippen molar-refractivity contribution in [2.45, 2.75) is 38.8 Å². The molecule has 2 aliphatic rings. The summed E-state index contributed by atoms with van der Waals surface area (Å²) in [5.74, 6) is -1.21. The number of non-ortho nitro benzene ring substituents is 1. The number of likely N-dealkylation sites (N-methyl/N-ethyl adjacent to an activating group) is 1. The maximum absolute atomic E-state index is 10.4. The van der Waals surface area contributed by atoms with Crippen LogP contribution in [0.3, 0.4) is 0 Å². The lowest BCUT2D eigenvalue weighted by Gasteiger charge is -2.44. The van der Waals surface area contributed by atoms with Crippen molar-refractivity contribution >= 4 is 28.4 Å². The Balaban J connectivity index is 0.000000176. The maximum atomic E-state index is 10.4. The molecule has 0 aliphatic carbocycles. The normalized spacial score (nSPS) is 19.8. The second kappa shape index (κ2) is 8.40. The number of phenols is 1. The minimum Gasteiger partial charge on any atom is -0.497 e. The zero-order valence-corrected chi connectivity index (χ0v) is 17.8. The highest BCUT2D eigenvalue weighted by Gasteiger charge is 2.37. The molecule has 12 heteroatoms. The van der Waals surface area contributed by atoms with E-state index >= 15 is 0 Å². The summed E-state index contributed by atoms with van der Waals surface area (Å²) < 4.78 is 0. The Morgan fingerprint density at radius 3 is 2.10 bits per heavy atom. The predicted molar refractivity (Wildman–Crippen MR) is 113 cm³/mol. The van der Waals surface area contributed by atoms with Gasteiger partial charge in [-0.05, 0) is 50.7 Å². The number of aromatic hydroxyl groups is 1. The first-order valence-corrected chi connectivity index (χ1v) is 10.2. The van der Waals surface area contributed by atoms with Gasteiger partial charge in [0.1, 0.15) is 0 Å². The van der Waals surface area contributed by atoms with E-state index in [4.69, 9.17) is 5.11 Å². The fourth-order valence-electron chi connectivity index (χ4n) is 3.97. The smallest absolute Gasteiger partial charge is 0.324 e. The van der Waals surface area contributed by atoms with Gasteiger partial charge in [-0.2, -0.15) is 0 Å².